The molecule has 0 saturated carbocycles. The minimum absolute atomic E-state index is 0.301. The van der Waals surface area contributed by atoms with Crippen molar-refractivity contribution >= 4 is 12.0 Å². The van der Waals surface area contributed by atoms with Crippen LogP contribution in [-0.2, 0) is 16.1 Å². The average Bonchev–Trinajstić information content (AvgIpc) is 2.48. The van der Waals surface area contributed by atoms with E-state index in [4.69, 9.17) is 9.84 Å². The average molecular weight is 293 g/mol. The second-order valence-electron chi connectivity index (χ2n) is 5.29. The van der Waals surface area contributed by atoms with Crippen molar-refractivity contribution in [2.75, 3.05) is 20.3 Å². The number of ether oxygens (including phenoxy) is 1. The Bertz CT molecular complexity index is 524. The SMILES string of the molecule is CN(Cc1ccc(F)c(C=CC(=O)O)c1)C1CCOCC1. The van der Waals surface area contributed by atoms with Gasteiger partial charge in [-0.15, -0.1) is 0 Å². The highest BCUT2D eigenvalue weighted by Crippen LogP contribution is 2.18. The van der Waals surface area contributed by atoms with E-state index in [1.54, 1.807) is 12.1 Å². The highest BCUT2D eigenvalue weighted by molar-refractivity contribution is 5.85. The molecule has 114 valence electrons. The molecule has 1 saturated heterocycles. The smallest absolute Gasteiger partial charge is 0.328 e. The highest BCUT2D eigenvalue weighted by Gasteiger charge is 2.18. The molecule has 2 rings (SSSR count). The van der Waals surface area contributed by atoms with E-state index in [0.29, 0.717) is 18.2 Å². The van der Waals surface area contributed by atoms with Crippen molar-refractivity contribution < 1.29 is 19.0 Å². The zero-order chi connectivity index (χ0) is 15.2. The van der Waals surface area contributed by atoms with Crippen LogP contribution in [0.1, 0.15) is 24.0 Å². The molecule has 0 unspecified atom stereocenters. The topological polar surface area (TPSA) is 49.8 Å². The van der Waals surface area contributed by atoms with E-state index in [9.17, 15) is 9.18 Å². The van der Waals surface area contributed by atoms with Gasteiger partial charge in [0.25, 0.3) is 0 Å². The molecule has 1 N–H and O–H groups in total. The maximum atomic E-state index is 13.6. The first-order valence-corrected chi connectivity index (χ1v) is 7.03. The molecule has 1 aromatic carbocycles. The van der Waals surface area contributed by atoms with Gasteiger partial charge in [0.2, 0.25) is 0 Å². The standard InChI is InChI=1S/C16H20FNO3/c1-18(14-6-8-21-9-7-14)11-12-2-4-15(17)13(10-12)3-5-16(19)20/h2-5,10,14H,6-9,11H2,1H3,(H,19,20). The Morgan fingerprint density at radius 2 is 2.19 bits per heavy atom. The number of carboxylic acid groups (broad SMARTS) is 1. The van der Waals surface area contributed by atoms with Crippen molar-refractivity contribution in [2.45, 2.75) is 25.4 Å². The van der Waals surface area contributed by atoms with Gasteiger partial charge in [0.05, 0.1) is 0 Å². The predicted molar refractivity (Wildman–Crippen MR) is 78.4 cm³/mol. The third-order valence-corrected chi connectivity index (χ3v) is 3.71. The molecule has 0 amide bonds. The minimum Gasteiger partial charge on any atom is -0.478 e. The Labute approximate surface area is 123 Å². The molecule has 0 radical (unpaired) electrons. The molecule has 5 heteroatoms. The van der Waals surface area contributed by atoms with E-state index in [-0.39, 0.29) is 0 Å². The van der Waals surface area contributed by atoms with Crippen LogP contribution in [0.3, 0.4) is 0 Å². The number of carbonyl (C=O) groups is 1. The summed E-state index contributed by atoms with van der Waals surface area (Å²) in [6, 6.07) is 5.30. The molecule has 4 nitrogen and oxygen atoms in total. The quantitative estimate of drug-likeness (QED) is 0.848. The fraction of sp³-hybridized carbons (Fsp3) is 0.438. The fourth-order valence-electron chi connectivity index (χ4n) is 2.52. The summed E-state index contributed by atoms with van der Waals surface area (Å²) in [5.41, 5.74) is 1.27. The summed E-state index contributed by atoms with van der Waals surface area (Å²) in [5, 5.41) is 8.62. The van der Waals surface area contributed by atoms with E-state index < -0.39 is 11.8 Å². The first-order valence-electron chi connectivity index (χ1n) is 7.03. The Balaban J connectivity index is 2.05. The summed E-state index contributed by atoms with van der Waals surface area (Å²) in [5.74, 6) is -1.50. The van der Waals surface area contributed by atoms with Gasteiger partial charge in [0.1, 0.15) is 5.82 Å². The van der Waals surface area contributed by atoms with Gasteiger partial charge in [0.15, 0.2) is 0 Å². The van der Waals surface area contributed by atoms with Crippen LogP contribution in [0.5, 0.6) is 0 Å². The van der Waals surface area contributed by atoms with Crippen LogP contribution in [0, 0.1) is 5.82 Å². The lowest BCUT2D eigenvalue weighted by molar-refractivity contribution is -0.131. The Morgan fingerprint density at radius 3 is 2.86 bits per heavy atom. The molecule has 21 heavy (non-hydrogen) atoms. The van der Waals surface area contributed by atoms with Crippen molar-refractivity contribution in [3.05, 3.63) is 41.2 Å². The normalized spacial score (nSPS) is 16.7. The zero-order valence-electron chi connectivity index (χ0n) is 12.1. The second kappa shape index (κ2) is 7.33. The lowest BCUT2D eigenvalue weighted by atomic mass is 10.1. The number of benzene rings is 1. The third-order valence-electron chi connectivity index (χ3n) is 3.71. The number of hydrogen-bond donors (Lipinski definition) is 1. The summed E-state index contributed by atoms with van der Waals surface area (Å²) < 4.78 is 19.0. The Hall–Kier alpha value is -1.72. The van der Waals surface area contributed by atoms with Crippen LogP contribution in [0.15, 0.2) is 24.3 Å². The van der Waals surface area contributed by atoms with Crippen molar-refractivity contribution in [1.82, 2.24) is 4.90 Å². The van der Waals surface area contributed by atoms with Crippen LogP contribution >= 0.6 is 0 Å². The first kappa shape index (κ1) is 15.7. The molecule has 1 heterocycles. The Kier molecular flexibility index (Phi) is 5.47. The van der Waals surface area contributed by atoms with Crippen LogP contribution in [0.25, 0.3) is 6.08 Å². The lowest BCUT2D eigenvalue weighted by Gasteiger charge is -2.31. The first-order chi connectivity index (χ1) is 10.1. The van der Waals surface area contributed by atoms with Crippen molar-refractivity contribution in [3.8, 4) is 0 Å². The van der Waals surface area contributed by atoms with E-state index in [0.717, 1.165) is 37.7 Å². The van der Waals surface area contributed by atoms with Crippen LogP contribution < -0.4 is 0 Å². The zero-order valence-corrected chi connectivity index (χ0v) is 12.1. The van der Waals surface area contributed by atoms with Gasteiger partial charge < -0.3 is 9.84 Å². The molecule has 1 aromatic rings. The number of rotatable bonds is 5. The molecule has 0 aliphatic carbocycles. The maximum Gasteiger partial charge on any atom is 0.328 e. The van der Waals surface area contributed by atoms with Gasteiger partial charge in [-0.25, -0.2) is 9.18 Å². The molecule has 1 aliphatic heterocycles. The molecular formula is C16H20FNO3. The largest absolute Gasteiger partial charge is 0.478 e. The van der Waals surface area contributed by atoms with Gasteiger partial charge in [0, 0.05) is 37.4 Å². The van der Waals surface area contributed by atoms with E-state index in [1.807, 2.05) is 7.05 Å². The Morgan fingerprint density at radius 1 is 1.48 bits per heavy atom. The number of hydrogen-bond acceptors (Lipinski definition) is 3. The van der Waals surface area contributed by atoms with Crippen molar-refractivity contribution in [2.24, 2.45) is 0 Å². The number of carboxylic acids is 1. The van der Waals surface area contributed by atoms with Gasteiger partial charge >= 0.3 is 5.97 Å². The van der Waals surface area contributed by atoms with Gasteiger partial charge in [-0.3, -0.25) is 4.90 Å². The number of nitrogens with zero attached hydrogens (tertiary/aromatic N) is 1. The number of halogens is 1. The second-order valence-corrected chi connectivity index (χ2v) is 5.29. The lowest BCUT2D eigenvalue weighted by Crippen LogP contribution is -2.36. The third kappa shape index (κ3) is 4.65. The molecule has 1 fully saturated rings. The van der Waals surface area contributed by atoms with Gasteiger partial charge in [-0.2, -0.15) is 0 Å². The van der Waals surface area contributed by atoms with Crippen LogP contribution in [0.4, 0.5) is 4.39 Å². The van der Waals surface area contributed by atoms with Crippen LogP contribution in [-0.4, -0.2) is 42.3 Å². The summed E-state index contributed by atoms with van der Waals surface area (Å²) in [6.07, 6.45) is 4.24. The highest BCUT2D eigenvalue weighted by atomic mass is 19.1. The minimum atomic E-state index is -1.08. The molecule has 1 aliphatic rings. The molecule has 0 atom stereocenters. The summed E-state index contributed by atoms with van der Waals surface area (Å²) in [7, 11) is 2.05. The van der Waals surface area contributed by atoms with Crippen molar-refractivity contribution in [3.63, 3.8) is 0 Å². The van der Waals surface area contributed by atoms with E-state index >= 15 is 0 Å². The molecule has 0 spiro atoms. The van der Waals surface area contributed by atoms with E-state index in [2.05, 4.69) is 4.90 Å². The van der Waals surface area contributed by atoms with Gasteiger partial charge in [-0.1, -0.05) is 6.07 Å². The monoisotopic (exact) mass is 293 g/mol. The molecule has 0 aromatic heterocycles. The van der Waals surface area contributed by atoms with Crippen LogP contribution in [0.2, 0.25) is 0 Å². The predicted octanol–water partition coefficient (Wildman–Crippen LogP) is 2.53. The fourth-order valence-corrected chi connectivity index (χ4v) is 2.52. The van der Waals surface area contributed by atoms with E-state index in [1.165, 1.54) is 12.1 Å². The number of aliphatic carboxylic acids is 1. The summed E-state index contributed by atoms with van der Waals surface area (Å²) in [4.78, 5) is 12.8. The maximum absolute atomic E-state index is 13.6. The molecular weight excluding hydrogens is 273 g/mol. The van der Waals surface area contributed by atoms with Crippen molar-refractivity contribution in [1.29, 1.82) is 0 Å². The van der Waals surface area contributed by atoms with Gasteiger partial charge in [-0.05, 0) is 43.7 Å². The summed E-state index contributed by atoms with van der Waals surface area (Å²) >= 11 is 0. The molecule has 0 bridgehead atoms. The summed E-state index contributed by atoms with van der Waals surface area (Å²) in [6.45, 7) is 2.27.